The molecule has 0 radical (unpaired) electrons. The van der Waals surface area contributed by atoms with Gasteiger partial charge in [-0.25, -0.2) is 0 Å². The van der Waals surface area contributed by atoms with Gasteiger partial charge in [0.1, 0.15) is 11.3 Å². The number of rotatable bonds is 3. The van der Waals surface area contributed by atoms with Gasteiger partial charge in [0, 0.05) is 6.42 Å². The molecule has 2 aromatic rings. The predicted molar refractivity (Wildman–Crippen MR) is 85.0 cm³/mol. The van der Waals surface area contributed by atoms with Crippen molar-refractivity contribution >= 4 is 29.3 Å². The molecule has 2 unspecified atom stereocenters. The zero-order valence-corrected chi connectivity index (χ0v) is 12.7. The average molecular weight is 324 g/mol. The Labute approximate surface area is 134 Å². The van der Waals surface area contributed by atoms with Crippen LogP contribution in [0.5, 0.6) is 5.75 Å². The molecule has 0 aromatic heterocycles. The van der Waals surface area contributed by atoms with Gasteiger partial charge < -0.3 is 10.5 Å². The first-order chi connectivity index (χ1) is 9.61. The number of hydrogen-bond donors (Lipinski definition) is 1. The van der Waals surface area contributed by atoms with Gasteiger partial charge in [-0.15, -0.1) is 12.4 Å². The number of para-hydroxylation sites is 1. The van der Waals surface area contributed by atoms with Gasteiger partial charge in [-0.3, -0.25) is 4.79 Å². The first kappa shape index (κ1) is 15.8. The third-order valence-corrected chi connectivity index (χ3v) is 4.00. The van der Waals surface area contributed by atoms with Gasteiger partial charge in [0.05, 0.1) is 0 Å². The fraction of sp³-hybridized carbons (Fsp3) is 0.188. The fourth-order valence-electron chi connectivity index (χ4n) is 2.61. The predicted octanol–water partition coefficient (Wildman–Crippen LogP) is 3.25. The van der Waals surface area contributed by atoms with Gasteiger partial charge in [-0.1, -0.05) is 42.5 Å². The fourth-order valence-corrected chi connectivity index (χ4v) is 2.78. The Morgan fingerprint density at radius 2 is 1.76 bits per heavy atom. The molecule has 21 heavy (non-hydrogen) atoms. The molecule has 5 heteroatoms. The SMILES string of the molecule is Cl.NC1(C(=O)Cl)Cc2ccccc2C1Oc1ccccc1. The van der Waals surface area contributed by atoms with Crippen LogP contribution in [-0.2, 0) is 11.2 Å². The van der Waals surface area contributed by atoms with Crippen LogP contribution in [0.1, 0.15) is 17.2 Å². The second-order valence-electron chi connectivity index (χ2n) is 5.00. The van der Waals surface area contributed by atoms with Gasteiger partial charge in [0.25, 0.3) is 0 Å². The van der Waals surface area contributed by atoms with E-state index in [0.29, 0.717) is 12.2 Å². The summed E-state index contributed by atoms with van der Waals surface area (Å²) in [5, 5.41) is -0.574. The summed E-state index contributed by atoms with van der Waals surface area (Å²) in [4.78, 5) is 11.8. The highest BCUT2D eigenvalue weighted by Crippen LogP contribution is 2.41. The molecule has 0 spiro atoms. The zero-order valence-electron chi connectivity index (χ0n) is 11.2. The molecule has 2 N–H and O–H groups in total. The molecule has 0 amide bonds. The molecule has 2 atom stereocenters. The molecule has 110 valence electrons. The maximum atomic E-state index is 11.8. The van der Waals surface area contributed by atoms with Crippen LogP contribution < -0.4 is 10.5 Å². The van der Waals surface area contributed by atoms with E-state index >= 15 is 0 Å². The van der Waals surface area contributed by atoms with Crippen molar-refractivity contribution in [2.24, 2.45) is 5.73 Å². The number of halogens is 2. The number of carbonyl (C=O) groups is 1. The van der Waals surface area contributed by atoms with E-state index in [9.17, 15) is 4.79 Å². The maximum absolute atomic E-state index is 11.8. The summed E-state index contributed by atoms with van der Waals surface area (Å²) in [6.07, 6.45) is -0.172. The van der Waals surface area contributed by atoms with E-state index in [1.165, 1.54) is 0 Å². The number of fused-ring (bicyclic) bond motifs is 1. The Kier molecular flexibility index (Phi) is 4.57. The Bertz CT molecular complexity index is 648. The quantitative estimate of drug-likeness (QED) is 0.882. The summed E-state index contributed by atoms with van der Waals surface area (Å²) >= 11 is 5.73. The van der Waals surface area contributed by atoms with Crippen LogP contribution in [0.2, 0.25) is 0 Å². The molecule has 3 rings (SSSR count). The van der Waals surface area contributed by atoms with Crippen molar-refractivity contribution in [1.82, 2.24) is 0 Å². The van der Waals surface area contributed by atoms with E-state index in [-0.39, 0.29) is 12.4 Å². The lowest BCUT2D eigenvalue weighted by Crippen LogP contribution is -2.51. The molecule has 2 aromatic carbocycles. The molecule has 0 heterocycles. The highest BCUT2D eigenvalue weighted by atomic mass is 35.5. The van der Waals surface area contributed by atoms with Crippen LogP contribution in [0.3, 0.4) is 0 Å². The largest absolute Gasteiger partial charge is 0.483 e. The van der Waals surface area contributed by atoms with Crippen molar-refractivity contribution in [2.45, 2.75) is 18.1 Å². The van der Waals surface area contributed by atoms with E-state index in [1.54, 1.807) is 0 Å². The van der Waals surface area contributed by atoms with Crippen molar-refractivity contribution in [1.29, 1.82) is 0 Å². The third-order valence-electron chi connectivity index (χ3n) is 3.65. The lowest BCUT2D eigenvalue weighted by atomic mass is 9.96. The molecule has 0 saturated heterocycles. The molecule has 0 bridgehead atoms. The van der Waals surface area contributed by atoms with Crippen molar-refractivity contribution in [3.8, 4) is 5.75 Å². The Hall–Kier alpha value is -1.55. The van der Waals surface area contributed by atoms with Crippen LogP contribution in [0, 0.1) is 0 Å². The number of ether oxygens (including phenoxy) is 1. The minimum atomic E-state index is -1.22. The first-order valence-electron chi connectivity index (χ1n) is 6.39. The second kappa shape index (κ2) is 6.06. The third kappa shape index (κ3) is 2.77. The van der Waals surface area contributed by atoms with E-state index in [1.807, 2.05) is 54.6 Å². The zero-order chi connectivity index (χ0) is 14.2. The van der Waals surface area contributed by atoms with Gasteiger partial charge >= 0.3 is 0 Å². The van der Waals surface area contributed by atoms with Crippen LogP contribution in [0.25, 0.3) is 0 Å². The normalized spacial score (nSPS) is 23.0. The van der Waals surface area contributed by atoms with E-state index in [2.05, 4.69) is 0 Å². The monoisotopic (exact) mass is 323 g/mol. The smallest absolute Gasteiger partial charge is 0.246 e. The molecular weight excluding hydrogens is 309 g/mol. The summed E-state index contributed by atoms with van der Waals surface area (Å²) in [7, 11) is 0. The Morgan fingerprint density at radius 3 is 2.43 bits per heavy atom. The molecule has 3 nitrogen and oxygen atoms in total. The number of nitrogens with two attached hydrogens (primary N) is 1. The lowest BCUT2D eigenvalue weighted by molar-refractivity contribution is -0.119. The number of carbonyl (C=O) groups excluding carboxylic acids is 1. The molecular formula is C16H15Cl2NO2. The maximum Gasteiger partial charge on any atom is 0.246 e. The molecule has 0 fully saturated rings. The number of benzene rings is 2. The topological polar surface area (TPSA) is 52.3 Å². The van der Waals surface area contributed by atoms with E-state index in [0.717, 1.165) is 11.1 Å². The summed E-state index contributed by atoms with van der Waals surface area (Å²) < 4.78 is 5.95. The minimum absolute atomic E-state index is 0. The second-order valence-corrected chi connectivity index (χ2v) is 5.34. The molecule has 1 aliphatic carbocycles. The highest BCUT2D eigenvalue weighted by molar-refractivity contribution is 6.65. The van der Waals surface area contributed by atoms with Crippen LogP contribution in [0.15, 0.2) is 54.6 Å². The van der Waals surface area contributed by atoms with Gasteiger partial charge in [0.15, 0.2) is 6.10 Å². The minimum Gasteiger partial charge on any atom is -0.483 e. The summed E-state index contributed by atoms with van der Waals surface area (Å²) in [5.41, 5.74) is 6.95. The van der Waals surface area contributed by atoms with E-state index in [4.69, 9.17) is 22.1 Å². The highest BCUT2D eigenvalue weighted by Gasteiger charge is 2.49. The summed E-state index contributed by atoms with van der Waals surface area (Å²) in [5.74, 6) is 0.668. The first-order valence-corrected chi connectivity index (χ1v) is 6.77. The van der Waals surface area contributed by atoms with Crippen LogP contribution >= 0.6 is 24.0 Å². The van der Waals surface area contributed by atoms with Crippen molar-refractivity contribution in [3.63, 3.8) is 0 Å². The standard InChI is InChI=1S/C16H14ClNO2.ClH/c17-15(19)16(18)10-11-6-4-5-9-13(11)14(16)20-12-7-2-1-3-8-12;/h1-9,14H,10,18H2;1H. The van der Waals surface area contributed by atoms with Crippen molar-refractivity contribution < 1.29 is 9.53 Å². The molecule has 0 saturated carbocycles. The van der Waals surface area contributed by atoms with Crippen LogP contribution in [-0.4, -0.2) is 10.8 Å². The van der Waals surface area contributed by atoms with Crippen molar-refractivity contribution in [2.75, 3.05) is 0 Å². The lowest BCUT2D eigenvalue weighted by Gasteiger charge is -2.28. The number of hydrogen-bond acceptors (Lipinski definition) is 3. The van der Waals surface area contributed by atoms with Gasteiger partial charge in [-0.2, -0.15) is 0 Å². The van der Waals surface area contributed by atoms with Crippen molar-refractivity contribution in [3.05, 3.63) is 65.7 Å². The van der Waals surface area contributed by atoms with E-state index < -0.39 is 16.9 Å². The molecule has 1 aliphatic rings. The van der Waals surface area contributed by atoms with Gasteiger partial charge in [-0.05, 0) is 34.9 Å². The summed E-state index contributed by atoms with van der Waals surface area (Å²) in [6.45, 7) is 0. The Balaban J connectivity index is 0.00000161. The average Bonchev–Trinajstić information content (AvgIpc) is 2.74. The Morgan fingerprint density at radius 1 is 1.14 bits per heavy atom. The summed E-state index contributed by atoms with van der Waals surface area (Å²) in [6, 6.07) is 17.0. The van der Waals surface area contributed by atoms with Gasteiger partial charge in [0.2, 0.25) is 5.24 Å². The molecule has 0 aliphatic heterocycles. The van der Waals surface area contributed by atoms with Crippen LogP contribution in [0.4, 0.5) is 0 Å².